The molecule has 0 radical (unpaired) electrons. The fourth-order valence-electron chi connectivity index (χ4n) is 1.73. The highest BCUT2D eigenvalue weighted by Gasteiger charge is 2.21. The van der Waals surface area contributed by atoms with E-state index in [1.807, 2.05) is 0 Å². The van der Waals surface area contributed by atoms with Crippen LogP contribution in [0.15, 0.2) is 36.7 Å². The predicted octanol–water partition coefficient (Wildman–Crippen LogP) is 1.66. The number of nitrogens with zero attached hydrogens (tertiary/aromatic N) is 2. The van der Waals surface area contributed by atoms with Gasteiger partial charge in [0.15, 0.2) is 17.2 Å². The van der Waals surface area contributed by atoms with Gasteiger partial charge in [-0.2, -0.15) is 0 Å². The second-order valence-electron chi connectivity index (χ2n) is 4.20. The molecule has 1 fully saturated rings. The Bertz CT molecular complexity index is 538. The summed E-state index contributed by atoms with van der Waals surface area (Å²) in [4.78, 5) is 8.54. The third-order valence-corrected chi connectivity index (χ3v) is 2.89. The minimum atomic E-state index is 0.102. The lowest BCUT2D eigenvalue weighted by Gasteiger charge is -2.25. The van der Waals surface area contributed by atoms with Crippen LogP contribution < -0.4 is 10.1 Å². The Morgan fingerprint density at radius 1 is 1.17 bits per heavy atom. The van der Waals surface area contributed by atoms with Gasteiger partial charge in [-0.15, -0.1) is 0 Å². The summed E-state index contributed by atoms with van der Waals surface area (Å²) in [5.74, 6) is 2.26. The van der Waals surface area contributed by atoms with Crippen LogP contribution in [-0.4, -0.2) is 28.2 Å². The largest absolute Gasteiger partial charge is 0.504 e. The summed E-state index contributed by atoms with van der Waals surface area (Å²) in [6, 6.07) is 6.80. The van der Waals surface area contributed by atoms with E-state index >= 15 is 0 Å². The smallest absolute Gasteiger partial charge is 0.169 e. The Morgan fingerprint density at radius 2 is 1.89 bits per heavy atom. The standard InChI is InChI=1S/C13H13N3O2/c17-11-3-1-2-4-12(11)18-10-7-15-13(16-8-10)9-5-14-6-9/h1-4,7-9,14,17H,5-6H2. The first-order valence-corrected chi connectivity index (χ1v) is 5.81. The molecule has 0 saturated carbocycles. The molecule has 5 heteroatoms. The maximum Gasteiger partial charge on any atom is 0.169 e. The molecule has 0 unspecified atom stereocenters. The summed E-state index contributed by atoms with van der Waals surface area (Å²) in [7, 11) is 0. The number of nitrogens with one attached hydrogen (secondary N) is 1. The fourth-order valence-corrected chi connectivity index (χ4v) is 1.73. The van der Waals surface area contributed by atoms with Crippen LogP contribution in [0.2, 0.25) is 0 Å². The van der Waals surface area contributed by atoms with Crippen molar-refractivity contribution in [3.05, 3.63) is 42.5 Å². The number of aromatic hydroxyl groups is 1. The van der Waals surface area contributed by atoms with E-state index in [1.165, 1.54) is 0 Å². The second-order valence-corrected chi connectivity index (χ2v) is 4.20. The molecule has 1 aliphatic heterocycles. The molecule has 2 heterocycles. The lowest BCUT2D eigenvalue weighted by molar-refractivity contribution is 0.404. The van der Waals surface area contributed by atoms with Crippen molar-refractivity contribution in [2.24, 2.45) is 0 Å². The molecule has 5 nitrogen and oxygen atoms in total. The van der Waals surface area contributed by atoms with Crippen LogP contribution >= 0.6 is 0 Å². The quantitative estimate of drug-likeness (QED) is 0.858. The molecule has 1 saturated heterocycles. The average Bonchev–Trinajstić information content (AvgIpc) is 2.32. The molecule has 1 aromatic heterocycles. The first kappa shape index (κ1) is 11.0. The summed E-state index contributed by atoms with van der Waals surface area (Å²) < 4.78 is 5.50. The van der Waals surface area contributed by atoms with Crippen LogP contribution in [0, 0.1) is 0 Å². The van der Waals surface area contributed by atoms with E-state index in [9.17, 15) is 5.11 Å². The molecule has 18 heavy (non-hydrogen) atoms. The molecule has 1 aromatic carbocycles. The number of para-hydroxylation sites is 2. The summed E-state index contributed by atoms with van der Waals surface area (Å²) in [6.07, 6.45) is 3.26. The highest BCUT2D eigenvalue weighted by Crippen LogP contribution is 2.29. The summed E-state index contributed by atoms with van der Waals surface area (Å²) >= 11 is 0. The number of rotatable bonds is 3. The van der Waals surface area contributed by atoms with Crippen LogP contribution in [0.4, 0.5) is 0 Å². The molecule has 0 bridgehead atoms. The number of hydrogen-bond acceptors (Lipinski definition) is 5. The van der Waals surface area contributed by atoms with Gasteiger partial charge in [-0.1, -0.05) is 12.1 Å². The number of ether oxygens (including phenoxy) is 1. The van der Waals surface area contributed by atoms with E-state index in [4.69, 9.17) is 4.74 Å². The zero-order valence-corrected chi connectivity index (χ0v) is 9.71. The lowest BCUT2D eigenvalue weighted by Crippen LogP contribution is -2.40. The van der Waals surface area contributed by atoms with Gasteiger partial charge in [0.25, 0.3) is 0 Å². The Labute approximate surface area is 104 Å². The van der Waals surface area contributed by atoms with E-state index < -0.39 is 0 Å². The Hall–Kier alpha value is -2.14. The van der Waals surface area contributed by atoms with Crippen molar-refractivity contribution in [3.63, 3.8) is 0 Å². The Morgan fingerprint density at radius 3 is 2.50 bits per heavy atom. The predicted molar refractivity (Wildman–Crippen MR) is 65.8 cm³/mol. The van der Waals surface area contributed by atoms with Crippen molar-refractivity contribution in [1.29, 1.82) is 0 Å². The first-order chi connectivity index (χ1) is 8.83. The van der Waals surface area contributed by atoms with E-state index in [0.29, 0.717) is 17.4 Å². The van der Waals surface area contributed by atoms with E-state index in [1.54, 1.807) is 36.7 Å². The van der Waals surface area contributed by atoms with Crippen LogP contribution in [0.25, 0.3) is 0 Å². The molecule has 0 atom stereocenters. The number of hydrogen-bond donors (Lipinski definition) is 2. The van der Waals surface area contributed by atoms with Gasteiger partial charge in [-0.3, -0.25) is 0 Å². The van der Waals surface area contributed by atoms with E-state index in [-0.39, 0.29) is 5.75 Å². The van der Waals surface area contributed by atoms with Gasteiger partial charge in [0.2, 0.25) is 0 Å². The molecule has 1 aliphatic rings. The van der Waals surface area contributed by atoms with Gasteiger partial charge < -0.3 is 15.2 Å². The molecule has 92 valence electrons. The molecule has 0 spiro atoms. The van der Waals surface area contributed by atoms with E-state index in [2.05, 4.69) is 15.3 Å². The van der Waals surface area contributed by atoms with E-state index in [0.717, 1.165) is 18.9 Å². The van der Waals surface area contributed by atoms with Gasteiger partial charge in [0.1, 0.15) is 5.82 Å². The number of aromatic nitrogens is 2. The topological polar surface area (TPSA) is 67.3 Å². The van der Waals surface area contributed by atoms with Crippen LogP contribution in [0.1, 0.15) is 11.7 Å². The summed E-state index contributed by atoms with van der Waals surface area (Å²) in [6.45, 7) is 1.86. The van der Waals surface area contributed by atoms with Crippen molar-refractivity contribution in [1.82, 2.24) is 15.3 Å². The highest BCUT2D eigenvalue weighted by molar-refractivity contribution is 5.40. The monoisotopic (exact) mass is 243 g/mol. The van der Waals surface area contributed by atoms with Crippen molar-refractivity contribution in [3.8, 4) is 17.2 Å². The molecule has 0 aliphatic carbocycles. The number of phenols is 1. The van der Waals surface area contributed by atoms with Gasteiger partial charge in [0.05, 0.1) is 12.4 Å². The maximum atomic E-state index is 9.59. The molecule has 3 rings (SSSR count). The number of benzene rings is 1. The normalized spacial score (nSPS) is 15.1. The average molecular weight is 243 g/mol. The van der Waals surface area contributed by atoms with Crippen LogP contribution in [0.5, 0.6) is 17.2 Å². The fraction of sp³-hybridized carbons (Fsp3) is 0.231. The third-order valence-electron chi connectivity index (χ3n) is 2.89. The summed E-state index contributed by atoms with van der Waals surface area (Å²) in [5, 5.41) is 12.8. The van der Waals surface area contributed by atoms with Gasteiger partial charge in [-0.05, 0) is 12.1 Å². The minimum Gasteiger partial charge on any atom is -0.504 e. The van der Waals surface area contributed by atoms with Crippen molar-refractivity contribution < 1.29 is 9.84 Å². The van der Waals surface area contributed by atoms with Crippen molar-refractivity contribution in [2.75, 3.05) is 13.1 Å². The minimum absolute atomic E-state index is 0.102. The zero-order chi connectivity index (χ0) is 12.4. The molecular weight excluding hydrogens is 230 g/mol. The van der Waals surface area contributed by atoms with Gasteiger partial charge in [0, 0.05) is 19.0 Å². The molecule has 2 N–H and O–H groups in total. The molecule has 0 amide bonds. The highest BCUT2D eigenvalue weighted by atomic mass is 16.5. The molecular formula is C13H13N3O2. The molecule has 2 aromatic rings. The Kier molecular flexibility index (Phi) is 2.82. The second kappa shape index (κ2) is 4.62. The zero-order valence-electron chi connectivity index (χ0n) is 9.71. The van der Waals surface area contributed by atoms with Crippen LogP contribution in [0.3, 0.4) is 0 Å². The lowest BCUT2D eigenvalue weighted by atomic mass is 10.0. The first-order valence-electron chi connectivity index (χ1n) is 5.81. The van der Waals surface area contributed by atoms with Crippen molar-refractivity contribution in [2.45, 2.75) is 5.92 Å². The maximum absolute atomic E-state index is 9.59. The number of phenolic OH excluding ortho intramolecular Hbond substituents is 1. The Balaban J connectivity index is 1.75. The SMILES string of the molecule is Oc1ccccc1Oc1cnc(C2CNC2)nc1. The third kappa shape index (κ3) is 2.12. The van der Waals surface area contributed by atoms with Crippen LogP contribution in [-0.2, 0) is 0 Å². The van der Waals surface area contributed by atoms with Crippen molar-refractivity contribution >= 4 is 0 Å². The van der Waals surface area contributed by atoms with Gasteiger partial charge in [-0.25, -0.2) is 9.97 Å². The summed E-state index contributed by atoms with van der Waals surface area (Å²) in [5.41, 5.74) is 0. The van der Waals surface area contributed by atoms with Gasteiger partial charge >= 0.3 is 0 Å².